The van der Waals surface area contributed by atoms with E-state index in [1.54, 1.807) is 19.1 Å². The van der Waals surface area contributed by atoms with E-state index in [4.69, 9.17) is 10.5 Å². The standard InChI is InChI=1S/C9H13NO3S/c1-2-13-7-14(11,12)9-5-3-4-8(10)6-9/h3-6H,2,7,10H2,1H3. The van der Waals surface area contributed by atoms with Gasteiger partial charge in [0.05, 0.1) is 4.90 Å². The molecule has 0 saturated heterocycles. The van der Waals surface area contributed by atoms with Crippen LogP contribution in [-0.2, 0) is 14.6 Å². The lowest BCUT2D eigenvalue weighted by molar-refractivity contribution is 0.192. The lowest BCUT2D eigenvalue weighted by Gasteiger charge is -2.04. The lowest BCUT2D eigenvalue weighted by atomic mass is 10.3. The van der Waals surface area contributed by atoms with Gasteiger partial charge in [-0.15, -0.1) is 0 Å². The smallest absolute Gasteiger partial charge is 0.202 e. The van der Waals surface area contributed by atoms with E-state index < -0.39 is 9.84 Å². The van der Waals surface area contributed by atoms with E-state index in [0.717, 1.165) is 0 Å². The van der Waals surface area contributed by atoms with E-state index in [1.807, 2.05) is 0 Å². The monoisotopic (exact) mass is 215 g/mol. The minimum Gasteiger partial charge on any atom is -0.399 e. The second-order valence-electron chi connectivity index (χ2n) is 2.80. The summed E-state index contributed by atoms with van der Waals surface area (Å²) in [6.07, 6.45) is 0. The van der Waals surface area contributed by atoms with Crippen LogP contribution in [0.4, 0.5) is 5.69 Å². The van der Waals surface area contributed by atoms with Crippen LogP contribution < -0.4 is 5.73 Å². The summed E-state index contributed by atoms with van der Waals surface area (Å²) in [5, 5.41) is 0. The van der Waals surface area contributed by atoms with E-state index >= 15 is 0 Å². The van der Waals surface area contributed by atoms with Crippen LogP contribution in [0.3, 0.4) is 0 Å². The average Bonchev–Trinajstić information content (AvgIpc) is 2.15. The predicted octanol–water partition coefficient (Wildman–Crippen LogP) is 1.04. The summed E-state index contributed by atoms with van der Waals surface area (Å²) < 4.78 is 28.0. The van der Waals surface area contributed by atoms with Crippen molar-refractivity contribution in [3.05, 3.63) is 24.3 Å². The van der Waals surface area contributed by atoms with E-state index in [9.17, 15) is 8.42 Å². The maximum absolute atomic E-state index is 11.6. The minimum absolute atomic E-state index is 0.200. The number of hydrogen-bond donors (Lipinski definition) is 1. The van der Waals surface area contributed by atoms with Crippen molar-refractivity contribution in [3.8, 4) is 0 Å². The van der Waals surface area contributed by atoms with Gasteiger partial charge in [0.15, 0.2) is 5.94 Å². The molecule has 1 rings (SSSR count). The van der Waals surface area contributed by atoms with E-state index in [1.165, 1.54) is 12.1 Å². The van der Waals surface area contributed by atoms with Crippen LogP contribution in [0.5, 0.6) is 0 Å². The van der Waals surface area contributed by atoms with Crippen molar-refractivity contribution in [3.63, 3.8) is 0 Å². The van der Waals surface area contributed by atoms with Crippen LogP contribution in [0.15, 0.2) is 29.2 Å². The molecule has 14 heavy (non-hydrogen) atoms. The Bertz CT molecular complexity index is 400. The van der Waals surface area contributed by atoms with Gasteiger partial charge in [0.2, 0.25) is 9.84 Å². The number of anilines is 1. The number of nitrogen functional groups attached to an aromatic ring is 1. The van der Waals surface area contributed by atoms with Crippen LogP contribution in [0, 0.1) is 0 Å². The molecule has 0 aliphatic heterocycles. The first-order chi connectivity index (χ1) is 6.56. The first-order valence-electron chi connectivity index (χ1n) is 4.22. The summed E-state index contributed by atoms with van der Waals surface area (Å²) in [7, 11) is -3.35. The van der Waals surface area contributed by atoms with E-state index in [-0.39, 0.29) is 10.8 Å². The maximum atomic E-state index is 11.6. The zero-order chi connectivity index (χ0) is 10.6. The molecule has 4 nitrogen and oxygen atoms in total. The summed E-state index contributed by atoms with van der Waals surface area (Å²) in [5.41, 5.74) is 5.91. The van der Waals surface area contributed by atoms with Gasteiger partial charge in [0, 0.05) is 12.3 Å². The number of hydrogen-bond acceptors (Lipinski definition) is 4. The molecular weight excluding hydrogens is 202 g/mol. The Labute approximate surface area is 83.6 Å². The lowest BCUT2D eigenvalue weighted by Crippen LogP contribution is -2.10. The van der Waals surface area contributed by atoms with Gasteiger partial charge in [0.1, 0.15) is 0 Å². The molecule has 0 amide bonds. The van der Waals surface area contributed by atoms with Crippen molar-refractivity contribution >= 4 is 15.5 Å². The summed E-state index contributed by atoms with van der Waals surface area (Å²) in [5.74, 6) is -0.299. The summed E-state index contributed by atoms with van der Waals surface area (Å²) in [4.78, 5) is 0.200. The normalized spacial score (nSPS) is 11.5. The topological polar surface area (TPSA) is 69.4 Å². The third kappa shape index (κ3) is 2.71. The Morgan fingerprint density at radius 2 is 2.14 bits per heavy atom. The Morgan fingerprint density at radius 1 is 1.43 bits per heavy atom. The van der Waals surface area contributed by atoms with Gasteiger partial charge in [-0.25, -0.2) is 8.42 Å². The van der Waals surface area contributed by atoms with Gasteiger partial charge in [-0.05, 0) is 25.1 Å². The Morgan fingerprint density at radius 3 is 2.71 bits per heavy atom. The first-order valence-corrected chi connectivity index (χ1v) is 5.87. The Balaban J connectivity index is 2.93. The van der Waals surface area contributed by atoms with Crippen molar-refractivity contribution in [1.29, 1.82) is 0 Å². The fourth-order valence-electron chi connectivity index (χ4n) is 0.969. The quantitative estimate of drug-likeness (QED) is 0.762. The highest BCUT2D eigenvalue weighted by Crippen LogP contribution is 2.14. The van der Waals surface area contributed by atoms with Crippen LogP contribution in [-0.4, -0.2) is 21.0 Å². The molecule has 0 atom stereocenters. The molecule has 1 aromatic carbocycles. The number of benzene rings is 1. The molecule has 2 N–H and O–H groups in total. The maximum Gasteiger partial charge on any atom is 0.202 e. The zero-order valence-corrected chi connectivity index (χ0v) is 8.75. The molecular formula is C9H13NO3S. The molecule has 78 valence electrons. The highest BCUT2D eigenvalue weighted by molar-refractivity contribution is 7.91. The number of sulfone groups is 1. The van der Waals surface area contributed by atoms with E-state index in [2.05, 4.69) is 0 Å². The van der Waals surface area contributed by atoms with Crippen molar-refractivity contribution < 1.29 is 13.2 Å². The van der Waals surface area contributed by atoms with Crippen LogP contribution in [0.2, 0.25) is 0 Å². The Hall–Kier alpha value is -1.07. The number of rotatable bonds is 4. The summed E-state index contributed by atoms with van der Waals surface area (Å²) in [6.45, 7) is 2.12. The van der Waals surface area contributed by atoms with Gasteiger partial charge in [-0.2, -0.15) is 0 Å². The molecule has 1 aromatic rings. The largest absolute Gasteiger partial charge is 0.399 e. The second kappa shape index (κ2) is 4.43. The van der Waals surface area contributed by atoms with Gasteiger partial charge >= 0.3 is 0 Å². The van der Waals surface area contributed by atoms with Crippen molar-refractivity contribution in [2.75, 3.05) is 18.3 Å². The molecule has 0 unspecified atom stereocenters. The molecule has 0 aliphatic carbocycles. The van der Waals surface area contributed by atoms with Crippen molar-refractivity contribution in [2.24, 2.45) is 0 Å². The number of nitrogens with two attached hydrogens (primary N) is 1. The second-order valence-corrected chi connectivity index (χ2v) is 4.73. The van der Waals surface area contributed by atoms with Gasteiger partial charge < -0.3 is 10.5 Å². The number of ether oxygens (including phenoxy) is 1. The van der Waals surface area contributed by atoms with Gasteiger partial charge in [-0.3, -0.25) is 0 Å². The molecule has 0 heterocycles. The third-order valence-electron chi connectivity index (χ3n) is 1.66. The van der Waals surface area contributed by atoms with Crippen molar-refractivity contribution in [2.45, 2.75) is 11.8 Å². The summed E-state index contributed by atoms with van der Waals surface area (Å²) in [6, 6.07) is 6.17. The SMILES string of the molecule is CCOCS(=O)(=O)c1cccc(N)c1. The molecule has 0 aliphatic rings. The predicted molar refractivity (Wildman–Crippen MR) is 54.5 cm³/mol. The van der Waals surface area contributed by atoms with Crippen LogP contribution in [0.1, 0.15) is 6.92 Å². The Kier molecular flexibility index (Phi) is 3.49. The minimum atomic E-state index is -3.35. The van der Waals surface area contributed by atoms with E-state index in [0.29, 0.717) is 12.3 Å². The van der Waals surface area contributed by atoms with Crippen LogP contribution >= 0.6 is 0 Å². The highest BCUT2D eigenvalue weighted by atomic mass is 32.2. The molecule has 0 aromatic heterocycles. The molecule has 0 saturated carbocycles. The molecule has 0 bridgehead atoms. The van der Waals surface area contributed by atoms with Gasteiger partial charge in [0.25, 0.3) is 0 Å². The fraction of sp³-hybridized carbons (Fsp3) is 0.333. The van der Waals surface area contributed by atoms with Crippen molar-refractivity contribution in [1.82, 2.24) is 0 Å². The molecule has 5 heteroatoms. The highest BCUT2D eigenvalue weighted by Gasteiger charge is 2.13. The first kappa shape index (κ1) is 11.0. The summed E-state index contributed by atoms with van der Waals surface area (Å²) >= 11 is 0. The molecule has 0 spiro atoms. The fourth-order valence-corrected chi connectivity index (χ4v) is 2.09. The molecule has 0 radical (unpaired) electrons. The van der Waals surface area contributed by atoms with Crippen LogP contribution in [0.25, 0.3) is 0 Å². The molecule has 0 fully saturated rings. The van der Waals surface area contributed by atoms with Gasteiger partial charge in [-0.1, -0.05) is 6.07 Å². The third-order valence-corrected chi connectivity index (χ3v) is 3.11. The zero-order valence-electron chi connectivity index (χ0n) is 7.93. The average molecular weight is 215 g/mol.